The Kier molecular flexibility index (Phi) is 5.70. The van der Waals surface area contributed by atoms with E-state index in [9.17, 15) is 18.0 Å². The molecule has 2 N–H and O–H groups in total. The van der Waals surface area contributed by atoms with Crippen LogP contribution in [0.15, 0.2) is 15.8 Å². The second kappa shape index (κ2) is 7.54. The molecule has 1 aliphatic heterocycles. The monoisotopic (exact) mass is 341 g/mol. The van der Waals surface area contributed by atoms with Crippen LogP contribution < -0.4 is 16.0 Å². The second-order valence-electron chi connectivity index (χ2n) is 5.32. The minimum absolute atomic E-state index is 0.00431. The first-order valence-electron chi connectivity index (χ1n) is 7.42. The number of nitriles is 1. The zero-order valence-corrected chi connectivity index (χ0v) is 13.4. The fraction of sp³-hybridized carbons (Fsp3) is 0.615. The molecule has 0 aromatic carbocycles. The van der Waals surface area contributed by atoms with Crippen molar-refractivity contribution in [3.63, 3.8) is 0 Å². The van der Waals surface area contributed by atoms with E-state index >= 15 is 0 Å². The minimum Gasteiger partial charge on any atom is -0.298 e. The van der Waals surface area contributed by atoms with Crippen LogP contribution in [0.5, 0.6) is 0 Å². The van der Waals surface area contributed by atoms with Gasteiger partial charge in [0.25, 0.3) is 15.8 Å². The number of hydrogen-bond donors (Lipinski definition) is 2. The summed E-state index contributed by atoms with van der Waals surface area (Å²) in [5, 5.41) is 8.78. The molecule has 10 heteroatoms. The van der Waals surface area contributed by atoms with Crippen LogP contribution in [0.2, 0.25) is 0 Å². The van der Waals surface area contributed by atoms with E-state index in [4.69, 9.17) is 5.26 Å². The van der Waals surface area contributed by atoms with Crippen molar-refractivity contribution < 1.29 is 8.42 Å². The van der Waals surface area contributed by atoms with Gasteiger partial charge in [-0.05, 0) is 12.8 Å². The van der Waals surface area contributed by atoms with Crippen molar-refractivity contribution >= 4 is 10.2 Å². The summed E-state index contributed by atoms with van der Waals surface area (Å²) in [7, 11) is -3.58. The van der Waals surface area contributed by atoms with E-state index < -0.39 is 21.5 Å². The molecule has 1 aromatic heterocycles. The molecule has 0 spiro atoms. The standard InChI is InChI=1S/C13H19N5O4S/c14-9-11-10-17(13(20)16-12(11)19)8-5-15-23(21,22)18-6-3-1-2-4-7-18/h10,15H,1-8H2,(H,16,19,20). The number of nitrogens with one attached hydrogen (secondary N) is 2. The first-order valence-corrected chi connectivity index (χ1v) is 8.86. The van der Waals surface area contributed by atoms with Crippen LogP contribution in [0.1, 0.15) is 31.2 Å². The summed E-state index contributed by atoms with van der Waals surface area (Å²) in [4.78, 5) is 24.9. The maximum absolute atomic E-state index is 12.2. The molecular weight excluding hydrogens is 322 g/mol. The summed E-state index contributed by atoms with van der Waals surface area (Å²) in [6, 6.07) is 1.68. The Morgan fingerprint density at radius 2 is 1.87 bits per heavy atom. The van der Waals surface area contributed by atoms with Crippen molar-refractivity contribution in [2.75, 3.05) is 19.6 Å². The minimum atomic E-state index is -3.58. The molecule has 0 amide bonds. The van der Waals surface area contributed by atoms with Crippen LogP contribution in [-0.2, 0) is 16.8 Å². The summed E-state index contributed by atoms with van der Waals surface area (Å²) in [5.74, 6) is 0. The number of rotatable bonds is 5. The van der Waals surface area contributed by atoms with Gasteiger partial charge < -0.3 is 0 Å². The molecule has 0 aliphatic carbocycles. The third-order valence-corrected chi connectivity index (χ3v) is 5.29. The van der Waals surface area contributed by atoms with E-state index in [0.29, 0.717) is 13.1 Å². The number of nitrogens with zero attached hydrogens (tertiary/aromatic N) is 3. The van der Waals surface area contributed by atoms with E-state index in [1.54, 1.807) is 6.07 Å². The molecule has 2 rings (SSSR count). The van der Waals surface area contributed by atoms with E-state index in [1.807, 2.05) is 4.98 Å². The average molecular weight is 341 g/mol. The van der Waals surface area contributed by atoms with Crippen molar-refractivity contribution in [3.8, 4) is 6.07 Å². The fourth-order valence-electron chi connectivity index (χ4n) is 2.42. The smallest absolute Gasteiger partial charge is 0.298 e. The van der Waals surface area contributed by atoms with Crippen molar-refractivity contribution in [2.45, 2.75) is 32.2 Å². The highest BCUT2D eigenvalue weighted by atomic mass is 32.2. The van der Waals surface area contributed by atoms with Gasteiger partial charge in [0.1, 0.15) is 11.6 Å². The number of aromatic nitrogens is 2. The Hall–Kier alpha value is -1.96. The van der Waals surface area contributed by atoms with Crippen LogP contribution in [0.25, 0.3) is 0 Å². The molecule has 0 unspecified atom stereocenters. The molecule has 1 aliphatic rings. The largest absolute Gasteiger partial charge is 0.328 e. The molecule has 1 saturated heterocycles. The lowest BCUT2D eigenvalue weighted by Crippen LogP contribution is -2.43. The molecule has 23 heavy (non-hydrogen) atoms. The van der Waals surface area contributed by atoms with Gasteiger partial charge in [0.05, 0.1) is 0 Å². The van der Waals surface area contributed by atoms with Gasteiger partial charge in [0, 0.05) is 32.4 Å². The molecule has 0 radical (unpaired) electrons. The summed E-state index contributed by atoms with van der Waals surface area (Å²) < 4.78 is 29.4. The predicted molar refractivity (Wildman–Crippen MR) is 83.0 cm³/mol. The highest BCUT2D eigenvalue weighted by molar-refractivity contribution is 7.87. The van der Waals surface area contributed by atoms with E-state index in [1.165, 1.54) is 4.31 Å². The van der Waals surface area contributed by atoms with Crippen LogP contribution >= 0.6 is 0 Å². The topological polar surface area (TPSA) is 128 Å². The normalized spacial score (nSPS) is 16.7. The van der Waals surface area contributed by atoms with Gasteiger partial charge in [-0.15, -0.1) is 0 Å². The molecule has 1 fully saturated rings. The average Bonchev–Trinajstić information content (AvgIpc) is 2.79. The Morgan fingerprint density at radius 1 is 1.22 bits per heavy atom. The molecule has 126 valence electrons. The summed E-state index contributed by atoms with van der Waals surface area (Å²) in [5.41, 5.74) is -1.62. The number of hydrogen-bond acceptors (Lipinski definition) is 5. The predicted octanol–water partition coefficient (Wildman–Crippen LogP) is -0.881. The summed E-state index contributed by atoms with van der Waals surface area (Å²) in [6.07, 6.45) is 4.85. The molecule has 0 atom stereocenters. The molecule has 2 heterocycles. The van der Waals surface area contributed by atoms with Gasteiger partial charge in [0.15, 0.2) is 0 Å². The highest BCUT2D eigenvalue weighted by Gasteiger charge is 2.22. The highest BCUT2D eigenvalue weighted by Crippen LogP contribution is 2.12. The van der Waals surface area contributed by atoms with Gasteiger partial charge in [-0.25, -0.2) is 9.52 Å². The number of H-pyrrole nitrogens is 1. The Labute approximate surface area is 133 Å². The zero-order chi connectivity index (χ0) is 16.9. The number of aromatic amines is 1. The zero-order valence-electron chi connectivity index (χ0n) is 12.6. The SMILES string of the molecule is N#Cc1cn(CCNS(=O)(=O)N2CCCCCC2)c(=O)[nH]c1=O. The van der Waals surface area contributed by atoms with E-state index in [2.05, 4.69) is 4.72 Å². The van der Waals surface area contributed by atoms with Crippen molar-refractivity contribution in [1.82, 2.24) is 18.6 Å². The van der Waals surface area contributed by atoms with Gasteiger partial charge >= 0.3 is 5.69 Å². The molecule has 9 nitrogen and oxygen atoms in total. The van der Waals surface area contributed by atoms with Crippen LogP contribution in [0.3, 0.4) is 0 Å². The lowest BCUT2D eigenvalue weighted by molar-refractivity contribution is 0.413. The lowest BCUT2D eigenvalue weighted by Gasteiger charge is -2.20. The van der Waals surface area contributed by atoms with Gasteiger partial charge in [-0.1, -0.05) is 12.8 Å². The van der Waals surface area contributed by atoms with E-state index in [-0.39, 0.29) is 18.7 Å². The Balaban J connectivity index is 2.00. The quantitative estimate of drug-likeness (QED) is 0.718. The van der Waals surface area contributed by atoms with Crippen molar-refractivity contribution in [3.05, 3.63) is 32.6 Å². The second-order valence-corrected chi connectivity index (χ2v) is 7.08. The Bertz CT molecular complexity index is 797. The van der Waals surface area contributed by atoms with Gasteiger partial charge in [-0.3, -0.25) is 14.3 Å². The van der Waals surface area contributed by atoms with Crippen LogP contribution in [0, 0.1) is 11.3 Å². The van der Waals surface area contributed by atoms with E-state index in [0.717, 1.165) is 36.4 Å². The van der Waals surface area contributed by atoms with Gasteiger partial charge in [-0.2, -0.15) is 18.0 Å². The summed E-state index contributed by atoms with van der Waals surface area (Å²) in [6.45, 7) is 1.01. The van der Waals surface area contributed by atoms with Crippen LogP contribution in [-0.4, -0.2) is 41.9 Å². The fourth-order valence-corrected chi connectivity index (χ4v) is 3.69. The first kappa shape index (κ1) is 17.4. The third kappa shape index (κ3) is 4.51. The summed E-state index contributed by atoms with van der Waals surface area (Å²) >= 11 is 0. The maximum Gasteiger partial charge on any atom is 0.328 e. The van der Waals surface area contributed by atoms with Crippen LogP contribution in [0.4, 0.5) is 0 Å². The Morgan fingerprint density at radius 3 is 2.48 bits per heavy atom. The lowest BCUT2D eigenvalue weighted by atomic mass is 10.2. The molecule has 0 bridgehead atoms. The maximum atomic E-state index is 12.2. The third-order valence-electron chi connectivity index (χ3n) is 3.67. The van der Waals surface area contributed by atoms with Crippen molar-refractivity contribution in [2.24, 2.45) is 0 Å². The molecular formula is C13H19N5O4S. The van der Waals surface area contributed by atoms with Gasteiger partial charge in [0.2, 0.25) is 0 Å². The molecule has 1 aromatic rings. The first-order chi connectivity index (χ1) is 10.9. The van der Waals surface area contributed by atoms with Crippen molar-refractivity contribution in [1.29, 1.82) is 5.26 Å². The molecule has 0 saturated carbocycles.